The molecule has 0 radical (unpaired) electrons. The number of ether oxygens (including phenoxy) is 1. The molecule has 1 saturated carbocycles. The van der Waals surface area contributed by atoms with E-state index in [1.807, 2.05) is 12.1 Å². The van der Waals surface area contributed by atoms with Crippen LogP contribution in [0.1, 0.15) is 18.4 Å². The summed E-state index contributed by atoms with van der Waals surface area (Å²) in [6.07, 6.45) is 1.87. The third-order valence-electron chi connectivity index (χ3n) is 4.36. The number of rotatable bonds is 8. The van der Waals surface area contributed by atoms with Gasteiger partial charge >= 0.3 is 0 Å². The van der Waals surface area contributed by atoms with Crippen LogP contribution in [0.3, 0.4) is 0 Å². The maximum atomic E-state index is 14.1. The Morgan fingerprint density at radius 2 is 2.04 bits per heavy atom. The molecule has 1 fully saturated rings. The monoisotopic (exact) mass is 350 g/mol. The van der Waals surface area contributed by atoms with Crippen molar-refractivity contribution in [1.29, 1.82) is 0 Å². The van der Waals surface area contributed by atoms with Crippen molar-refractivity contribution in [3.63, 3.8) is 0 Å². The first-order valence-corrected chi connectivity index (χ1v) is 8.45. The number of nitrogens with one attached hydrogen (secondary N) is 2. The van der Waals surface area contributed by atoms with Crippen LogP contribution in [-0.4, -0.2) is 64.2 Å². The largest absolute Gasteiger partial charge is 0.383 e. The Morgan fingerprint density at radius 1 is 1.32 bits per heavy atom. The topological polar surface area (TPSA) is 66.0 Å². The number of aliphatic imine (C=N–C) groups is 1. The smallest absolute Gasteiger partial charge is 0.243 e. The summed E-state index contributed by atoms with van der Waals surface area (Å²) in [5, 5.41) is 6.38. The van der Waals surface area contributed by atoms with Crippen LogP contribution in [0, 0.1) is 5.82 Å². The summed E-state index contributed by atoms with van der Waals surface area (Å²) < 4.78 is 19.1. The molecule has 1 aliphatic rings. The normalized spacial score (nSPS) is 15.6. The molecule has 138 valence electrons. The van der Waals surface area contributed by atoms with Gasteiger partial charge in [0.25, 0.3) is 0 Å². The number of carbonyl (C=O) groups is 1. The SMILES string of the molecule is COCCNC(=NCC(=O)N(C)C)NCC1(c2ccccc2F)CC1. The first-order chi connectivity index (χ1) is 12.0. The fourth-order valence-electron chi connectivity index (χ4n) is 2.57. The number of guanidine groups is 1. The summed E-state index contributed by atoms with van der Waals surface area (Å²) in [6.45, 7) is 1.73. The van der Waals surface area contributed by atoms with E-state index in [0.29, 0.717) is 25.7 Å². The van der Waals surface area contributed by atoms with E-state index in [-0.39, 0.29) is 23.7 Å². The molecular formula is C18H27FN4O2. The second-order valence-corrected chi connectivity index (χ2v) is 6.49. The molecule has 1 aromatic rings. The Hall–Kier alpha value is -2.15. The quantitative estimate of drug-likeness (QED) is 0.419. The van der Waals surface area contributed by atoms with Gasteiger partial charge < -0.3 is 20.3 Å². The minimum Gasteiger partial charge on any atom is -0.383 e. The highest BCUT2D eigenvalue weighted by molar-refractivity contribution is 5.84. The second-order valence-electron chi connectivity index (χ2n) is 6.49. The molecule has 1 aromatic carbocycles. The van der Waals surface area contributed by atoms with Gasteiger partial charge in [0.15, 0.2) is 5.96 Å². The number of nitrogens with zero attached hydrogens (tertiary/aromatic N) is 2. The molecule has 0 aliphatic heterocycles. The molecule has 0 heterocycles. The molecule has 6 nitrogen and oxygen atoms in total. The van der Waals surface area contributed by atoms with Crippen molar-refractivity contribution in [2.24, 2.45) is 4.99 Å². The Bertz CT molecular complexity index is 615. The number of halogens is 1. The Balaban J connectivity index is 2.00. The van der Waals surface area contributed by atoms with Gasteiger partial charge in [-0.25, -0.2) is 9.38 Å². The molecule has 2 N–H and O–H groups in total. The third kappa shape index (κ3) is 5.42. The lowest BCUT2D eigenvalue weighted by Crippen LogP contribution is -2.43. The van der Waals surface area contributed by atoms with Crippen molar-refractivity contribution in [2.75, 3.05) is 47.4 Å². The van der Waals surface area contributed by atoms with E-state index in [9.17, 15) is 9.18 Å². The molecule has 1 amide bonds. The maximum absolute atomic E-state index is 14.1. The first-order valence-electron chi connectivity index (χ1n) is 8.45. The fraction of sp³-hybridized carbons (Fsp3) is 0.556. The minimum atomic E-state index is -0.194. The van der Waals surface area contributed by atoms with Gasteiger partial charge in [-0.3, -0.25) is 4.79 Å². The third-order valence-corrected chi connectivity index (χ3v) is 4.36. The van der Waals surface area contributed by atoms with Crippen molar-refractivity contribution >= 4 is 11.9 Å². The van der Waals surface area contributed by atoms with Crippen molar-refractivity contribution in [3.05, 3.63) is 35.6 Å². The van der Waals surface area contributed by atoms with Gasteiger partial charge in [0.05, 0.1) is 6.61 Å². The Labute approximate surface area is 148 Å². The van der Waals surface area contributed by atoms with Gasteiger partial charge in [0, 0.05) is 39.7 Å². The number of carbonyl (C=O) groups excluding carboxylic acids is 1. The van der Waals surface area contributed by atoms with E-state index < -0.39 is 0 Å². The van der Waals surface area contributed by atoms with Crippen molar-refractivity contribution in [1.82, 2.24) is 15.5 Å². The molecular weight excluding hydrogens is 323 g/mol. The lowest BCUT2D eigenvalue weighted by Gasteiger charge is -2.20. The molecule has 0 bridgehead atoms. The van der Waals surface area contributed by atoms with Gasteiger partial charge in [0.1, 0.15) is 12.4 Å². The van der Waals surface area contributed by atoms with Crippen LogP contribution in [0.5, 0.6) is 0 Å². The van der Waals surface area contributed by atoms with Crippen LogP contribution in [-0.2, 0) is 14.9 Å². The summed E-state index contributed by atoms with van der Waals surface area (Å²) >= 11 is 0. The van der Waals surface area contributed by atoms with Gasteiger partial charge in [-0.2, -0.15) is 0 Å². The average molecular weight is 350 g/mol. The highest BCUT2D eigenvalue weighted by atomic mass is 19.1. The number of likely N-dealkylation sites (N-methyl/N-ethyl adjacent to an activating group) is 1. The lowest BCUT2D eigenvalue weighted by atomic mass is 9.95. The highest BCUT2D eigenvalue weighted by Crippen LogP contribution is 2.48. The molecule has 2 rings (SSSR count). The van der Waals surface area contributed by atoms with E-state index in [1.165, 1.54) is 11.0 Å². The van der Waals surface area contributed by atoms with Crippen LogP contribution < -0.4 is 10.6 Å². The zero-order chi connectivity index (χ0) is 18.3. The van der Waals surface area contributed by atoms with E-state index in [1.54, 1.807) is 27.3 Å². The van der Waals surface area contributed by atoms with Crippen LogP contribution >= 0.6 is 0 Å². The molecule has 1 aliphatic carbocycles. The zero-order valence-corrected chi connectivity index (χ0v) is 15.1. The number of hydrogen-bond acceptors (Lipinski definition) is 3. The second kappa shape index (κ2) is 8.80. The lowest BCUT2D eigenvalue weighted by molar-refractivity contribution is -0.127. The predicted molar refractivity (Wildman–Crippen MR) is 96.2 cm³/mol. The summed E-state index contributed by atoms with van der Waals surface area (Å²) in [5.41, 5.74) is 0.545. The van der Waals surface area contributed by atoms with Crippen molar-refractivity contribution in [3.8, 4) is 0 Å². The number of amides is 1. The van der Waals surface area contributed by atoms with Crippen LogP contribution in [0.4, 0.5) is 4.39 Å². The van der Waals surface area contributed by atoms with Crippen LogP contribution in [0.2, 0.25) is 0 Å². The summed E-state index contributed by atoms with van der Waals surface area (Å²) in [4.78, 5) is 17.6. The minimum absolute atomic E-state index is 0.0576. The maximum Gasteiger partial charge on any atom is 0.243 e. The van der Waals surface area contributed by atoms with Crippen LogP contribution in [0.25, 0.3) is 0 Å². The molecule has 0 saturated heterocycles. The highest BCUT2D eigenvalue weighted by Gasteiger charge is 2.45. The zero-order valence-electron chi connectivity index (χ0n) is 15.1. The van der Waals surface area contributed by atoms with Gasteiger partial charge in [-0.15, -0.1) is 0 Å². The standard InChI is InChI=1S/C18H27FN4O2/c1-23(2)16(24)12-21-17(20-10-11-25-3)22-13-18(8-9-18)14-6-4-5-7-15(14)19/h4-7H,8-13H2,1-3H3,(H2,20,21,22). The number of hydrogen-bond donors (Lipinski definition) is 2. The summed E-state index contributed by atoms with van der Waals surface area (Å²) in [5.74, 6) is 0.286. The average Bonchev–Trinajstić information content (AvgIpc) is 3.38. The van der Waals surface area contributed by atoms with Crippen molar-refractivity contribution < 1.29 is 13.9 Å². The van der Waals surface area contributed by atoms with E-state index in [0.717, 1.165) is 18.4 Å². The van der Waals surface area contributed by atoms with Crippen LogP contribution in [0.15, 0.2) is 29.3 Å². The molecule has 0 aromatic heterocycles. The predicted octanol–water partition coefficient (Wildman–Crippen LogP) is 1.13. The van der Waals surface area contributed by atoms with E-state index in [4.69, 9.17) is 4.74 Å². The first kappa shape index (κ1) is 19.2. The molecule has 0 unspecified atom stereocenters. The van der Waals surface area contributed by atoms with Gasteiger partial charge in [-0.1, -0.05) is 18.2 Å². The number of methoxy groups -OCH3 is 1. The molecule has 0 atom stereocenters. The molecule has 25 heavy (non-hydrogen) atoms. The van der Waals surface area contributed by atoms with Gasteiger partial charge in [0.2, 0.25) is 5.91 Å². The number of benzene rings is 1. The Kier molecular flexibility index (Phi) is 6.75. The summed E-state index contributed by atoms with van der Waals surface area (Å²) in [7, 11) is 5.01. The Morgan fingerprint density at radius 3 is 2.64 bits per heavy atom. The summed E-state index contributed by atoms with van der Waals surface area (Å²) in [6, 6.07) is 6.90. The van der Waals surface area contributed by atoms with E-state index in [2.05, 4.69) is 15.6 Å². The van der Waals surface area contributed by atoms with Crippen molar-refractivity contribution in [2.45, 2.75) is 18.3 Å². The van der Waals surface area contributed by atoms with E-state index >= 15 is 0 Å². The molecule has 0 spiro atoms. The molecule has 7 heteroatoms. The fourth-order valence-corrected chi connectivity index (χ4v) is 2.57. The van der Waals surface area contributed by atoms with Gasteiger partial charge in [-0.05, 0) is 24.5 Å².